The quantitative estimate of drug-likeness (QED) is 0.696. The van der Waals surface area contributed by atoms with Gasteiger partial charge in [0.25, 0.3) is 5.91 Å². The number of thioether (sulfide) groups is 1. The van der Waals surface area contributed by atoms with Gasteiger partial charge in [0.1, 0.15) is 6.04 Å². The molecule has 24 heavy (non-hydrogen) atoms. The van der Waals surface area contributed by atoms with Crippen molar-refractivity contribution in [3.63, 3.8) is 0 Å². The van der Waals surface area contributed by atoms with Crippen molar-refractivity contribution >= 4 is 29.5 Å². The summed E-state index contributed by atoms with van der Waals surface area (Å²) in [5, 5.41) is 5.44. The largest absolute Gasteiger partial charge is 0.354 e. The summed E-state index contributed by atoms with van der Waals surface area (Å²) >= 11 is 1.31. The third-order valence-corrected chi connectivity index (χ3v) is 4.33. The van der Waals surface area contributed by atoms with Crippen LogP contribution in [0, 0.1) is 0 Å². The van der Waals surface area contributed by atoms with Crippen molar-refractivity contribution in [3.8, 4) is 0 Å². The van der Waals surface area contributed by atoms with Gasteiger partial charge in [0.2, 0.25) is 11.8 Å². The number of carbonyl (C=O) groups is 3. The Morgan fingerprint density at radius 2 is 1.88 bits per heavy atom. The Kier molecular flexibility index (Phi) is 8.32. The zero-order valence-electron chi connectivity index (χ0n) is 14.6. The second kappa shape index (κ2) is 9.97. The van der Waals surface area contributed by atoms with Gasteiger partial charge < -0.3 is 15.5 Å². The first-order valence-electron chi connectivity index (χ1n) is 7.87. The number of carbonyl (C=O) groups excluding carboxylic acids is 3. The van der Waals surface area contributed by atoms with E-state index in [9.17, 15) is 14.4 Å². The average Bonchev–Trinajstić information content (AvgIpc) is 2.57. The molecule has 1 atom stereocenters. The van der Waals surface area contributed by atoms with E-state index in [1.807, 2.05) is 13.0 Å². The van der Waals surface area contributed by atoms with E-state index >= 15 is 0 Å². The highest BCUT2D eigenvalue weighted by Crippen LogP contribution is 2.22. The first-order chi connectivity index (χ1) is 11.4. The molecule has 0 radical (unpaired) electrons. The molecule has 7 heteroatoms. The van der Waals surface area contributed by atoms with E-state index < -0.39 is 6.04 Å². The van der Waals surface area contributed by atoms with Crippen molar-refractivity contribution in [1.82, 2.24) is 15.5 Å². The lowest BCUT2D eigenvalue weighted by Crippen LogP contribution is -2.45. The van der Waals surface area contributed by atoms with E-state index in [1.54, 1.807) is 39.2 Å². The number of hydrogen-bond acceptors (Lipinski definition) is 4. The summed E-state index contributed by atoms with van der Waals surface area (Å²) in [6, 6.07) is 6.44. The van der Waals surface area contributed by atoms with Crippen LogP contribution in [0.2, 0.25) is 0 Å². The van der Waals surface area contributed by atoms with E-state index in [4.69, 9.17) is 0 Å². The summed E-state index contributed by atoms with van der Waals surface area (Å²) in [7, 11) is 3.39. The molecule has 0 bridgehead atoms. The van der Waals surface area contributed by atoms with Crippen LogP contribution < -0.4 is 10.6 Å². The summed E-state index contributed by atoms with van der Waals surface area (Å²) in [5.41, 5.74) is 0.462. The highest BCUT2D eigenvalue weighted by Gasteiger charge is 2.18. The highest BCUT2D eigenvalue weighted by atomic mass is 32.2. The molecule has 0 saturated carbocycles. The molecule has 0 aliphatic carbocycles. The molecule has 1 rings (SSSR count). The van der Waals surface area contributed by atoms with Crippen molar-refractivity contribution < 1.29 is 14.4 Å². The van der Waals surface area contributed by atoms with Crippen LogP contribution in [-0.4, -0.2) is 55.1 Å². The number of nitrogens with zero attached hydrogens (tertiary/aromatic N) is 1. The van der Waals surface area contributed by atoms with Crippen LogP contribution in [0.5, 0.6) is 0 Å². The van der Waals surface area contributed by atoms with E-state index in [0.29, 0.717) is 17.0 Å². The lowest BCUT2D eigenvalue weighted by atomic mass is 10.2. The Hall–Kier alpha value is -2.02. The smallest absolute Gasteiger partial charge is 0.253 e. The normalized spacial score (nSPS) is 11.5. The maximum Gasteiger partial charge on any atom is 0.253 e. The predicted molar refractivity (Wildman–Crippen MR) is 96.1 cm³/mol. The molecule has 0 aliphatic rings. The molecular weight excluding hydrogens is 326 g/mol. The fourth-order valence-corrected chi connectivity index (χ4v) is 2.82. The first-order valence-corrected chi connectivity index (χ1v) is 8.86. The number of amides is 3. The standard InChI is InChI=1S/C17H25N3O3S/c1-5-10-18-16(22)12(2)19-17(23)13-8-6-7-9-14(13)24-11-15(21)20(3)4/h6-9,12H,5,10-11H2,1-4H3,(H,18,22)(H,19,23)/t12-/m1/s1. The van der Waals surface area contributed by atoms with Crippen molar-refractivity contribution in [2.75, 3.05) is 26.4 Å². The second-order valence-corrected chi connectivity index (χ2v) is 6.58. The summed E-state index contributed by atoms with van der Waals surface area (Å²) in [4.78, 5) is 38.2. The minimum absolute atomic E-state index is 0.0254. The van der Waals surface area contributed by atoms with Gasteiger partial charge in [-0.2, -0.15) is 0 Å². The molecule has 1 aromatic carbocycles. The Morgan fingerprint density at radius 1 is 1.21 bits per heavy atom. The predicted octanol–water partition coefficient (Wildman–Crippen LogP) is 1.51. The Balaban J connectivity index is 2.73. The van der Waals surface area contributed by atoms with Crippen LogP contribution in [-0.2, 0) is 9.59 Å². The average molecular weight is 351 g/mol. The molecule has 0 aliphatic heterocycles. The van der Waals surface area contributed by atoms with Crippen LogP contribution in [0.25, 0.3) is 0 Å². The molecular formula is C17H25N3O3S. The highest BCUT2D eigenvalue weighted by molar-refractivity contribution is 8.00. The van der Waals surface area contributed by atoms with Gasteiger partial charge >= 0.3 is 0 Å². The molecule has 0 saturated heterocycles. The molecule has 0 fully saturated rings. The molecule has 0 spiro atoms. The molecule has 6 nitrogen and oxygen atoms in total. The lowest BCUT2D eigenvalue weighted by Gasteiger charge is -2.16. The SMILES string of the molecule is CCCNC(=O)[C@@H](C)NC(=O)c1ccccc1SCC(=O)N(C)C. The molecule has 1 aromatic rings. The first kappa shape index (κ1) is 20.0. The summed E-state index contributed by atoms with van der Waals surface area (Å²) in [5.74, 6) is -0.306. The second-order valence-electron chi connectivity index (χ2n) is 5.56. The fourth-order valence-electron chi connectivity index (χ4n) is 1.79. The molecule has 0 aromatic heterocycles. The Morgan fingerprint density at radius 3 is 2.50 bits per heavy atom. The topological polar surface area (TPSA) is 78.5 Å². The monoisotopic (exact) mass is 351 g/mol. The van der Waals surface area contributed by atoms with Crippen molar-refractivity contribution in [3.05, 3.63) is 29.8 Å². The zero-order valence-corrected chi connectivity index (χ0v) is 15.4. The fraction of sp³-hybridized carbons (Fsp3) is 0.471. The molecule has 3 amide bonds. The molecule has 132 valence electrons. The van der Waals surface area contributed by atoms with Gasteiger partial charge in [0.15, 0.2) is 0 Å². The van der Waals surface area contributed by atoms with Crippen molar-refractivity contribution in [2.24, 2.45) is 0 Å². The van der Waals surface area contributed by atoms with E-state index in [2.05, 4.69) is 10.6 Å². The van der Waals surface area contributed by atoms with Crippen LogP contribution in [0.3, 0.4) is 0 Å². The minimum atomic E-state index is -0.620. The third-order valence-electron chi connectivity index (χ3n) is 3.27. The van der Waals surface area contributed by atoms with Gasteiger partial charge in [-0.1, -0.05) is 19.1 Å². The maximum atomic E-state index is 12.4. The van der Waals surface area contributed by atoms with Crippen LogP contribution in [0.4, 0.5) is 0 Å². The third kappa shape index (κ3) is 6.23. The Labute approximate surface area is 147 Å². The van der Waals surface area contributed by atoms with Gasteiger partial charge in [-0.3, -0.25) is 14.4 Å². The van der Waals surface area contributed by atoms with Gasteiger partial charge in [-0.05, 0) is 25.5 Å². The van der Waals surface area contributed by atoms with Gasteiger partial charge in [-0.15, -0.1) is 11.8 Å². The zero-order chi connectivity index (χ0) is 18.1. The Bertz CT molecular complexity index is 590. The van der Waals surface area contributed by atoms with E-state index in [1.165, 1.54) is 16.7 Å². The molecule has 0 heterocycles. The van der Waals surface area contributed by atoms with E-state index in [0.717, 1.165) is 6.42 Å². The number of rotatable bonds is 8. The molecule has 0 unspecified atom stereocenters. The molecule has 2 N–H and O–H groups in total. The van der Waals surface area contributed by atoms with Crippen molar-refractivity contribution in [1.29, 1.82) is 0 Å². The summed E-state index contributed by atoms with van der Waals surface area (Å²) in [6.45, 7) is 4.19. The van der Waals surface area contributed by atoms with E-state index in [-0.39, 0.29) is 23.5 Å². The number of nitrogens with one attached hydrogen (secondary N) is 2. The number of benzene rings is 1. The summed E-state index contributed by atoms with van der Waals surface area (Å²) < 4.78 is 0. The maximum absolute atomic E-state index is 12.4. The van der Waals surface area contributed by atoms with Gasteiger partial charge in [-0.25, -0.2) is 0 Å². The number of hydrogen-bond donors (Lipinski definition) is 2. The van der Waals surface area contributed by atoms with Crippen LogP contribution in [0.1, 0.15) is 30.6 Å². The van der Waals surface area contributed by atoms with Gasteiger partial charge in [0, 0.05) is 25.5 Å². The van der Waals surface area contributed by atoms with Gasteiger partial charge in [0.05, 0.1) is 11.3 Å². The van der Waals surface area contributed by atoms with Crippen LogP contribution >= 0.6 is 11.8 Å². The lowest BCUT2D eigenvalue weighted by molar-refractivity contribution is -0.126. The van der Waals surface area contributed by atoms with Crippen molar-refractivity contribution in [2.45, 2.75) is 31.2 Å². The summed E-state index contributed by atoms with van der Waals surface area (Å²) in [6.07, 6.45) is 0.839. The minimum Gasteiger partial charge on any atom is -0.354 e. The van der Waals surface area contributed by atoms with Crippen LogP contribution in [0.15, 0.2) is 29.2 Å².